The second kappa shape index (κ2) is 7.54. The second-order valence-corrected chi connectivity index (χ2v) is 5.28. The summed E-state index contributed by atoms with van der Waals surface area (Å²) in [6.07, 6.45) is 1.84. The van der Waals surface area contributed by atoms with Gasteiger partial charge in [0.2, 0.25) is 0 Å². The van der Waals surface area contributed by atoms with Crippen LogP contribution in [0.3, 0.4) is 0 Å². The van der Waals surface area contributed by atoms with Crippen LogP contribution in [0, 0.1) is 0 Å². The molecule has 0 radical (unpaired) electrons. The molecule has 0 aliphatic rings. The summed E-state index contributed by atoms with van der Waals surface area (Å²) in [5, 5.41) is 4.19. The maximum Gasteiger partial charge on any atom is 0.274 e. The Kier molecular flexibility index (Phi) is 5.47. The van der Waals surface area contributed by atoms with Crippen molar-refractivity contribution in [2.75, 3.05) is 7.05 Å². The molecule has 0 saturated heterocycles. The van der Waals surface area contributed by atoms with Gasteiger partial charge in [-0.15, -0.1) is 0 Å². The standard InChI is InChI=1S/C17H21N3O2/c1-3-4-12-20-16(21)11-10-15(18-20)17(22)19(2)13-14-8-6-5-7-9-14/h5-11H,3-4,12-13H2,1-2H3. The highest BCUT2D eigenvalue weighted by Crippen LogP contribution is 2.06. The average Bonchev–Trinajstić information content (AvgIpc) is 2.54. The van der Waals surface area contributed by atoms with Gasteiger partial charge in [-0.05, 0) is 18.1 Å². The molecule has 5 nitrogen and oxygen atoms in total. The molecule has 0 fully saturated rings. The number of rotatable bonds is 6. The molecule has 116 valence electrons. The molecule has 2 rings (SSSR count). The summed E-state index contributed by atoms with van der Waals surface area (Å²) in [7, 11) is 1.73. The summed E-state index contributed by atoms with van der Waals surface area (Å²) in [6.45, 7) is 3.10. The zero-order valence-electron chi connectivity index (χ0n) is 13.0. The topological polar surface area (TPSA) is 55.2 Å². The Bertz CT molecular complexity index is 680. The predicted octanol–water partition coefficient (Wildman–Crippen LogP) is 2.32. The lowest BCUT2D eigenvalue weighted by atomic mass is 10.2. The van der Waals surface area contributed by atoms with E-state index in [-0.39, 0.29) is 11.5 Å². The monoisotopic (exact) mass is 299 g/mol. The quantitative estimate of drug-likeness (QED) is 0.822. The number of nitrogens with zero attached hydrogens (tertiary/aromatic N) is 3. The van der Waals surface area contributed by atoms with E-state index in [2.05, 4.69) is 5.10 Å². The van der Waals surface area contributed by atoms with E-state index in [0.29, 0.717) is 18.8 Å². The van der Waals surface area contributed by atoms with E-state index in [1.165, 1.54) is 16.8 Å². The molecule has 0 atom stereocenters. The summed E-state index contributed by atoms with van der Waals surface area (Å²) in [5.41, 5.74) is 1.18. The van der Waals surface area contributed by atoms with Crippen molar-refractivity contribution in [1.82, 2.24) is 14.7 Å². The van der Waals surface area contributed by atoms with E-state index < -0.39 is 0 Å². The molecule has 0 saturated carbocycles. The Labute approximate surface area is 130 Å². The van der Waals surface area contributed by atoms with Crippen molar-refractivity contribution in [2.45, 2.75) is 32.9 Å². The van der Waals surface area contributed by atoms with Crippen molar-refractivity contribution in [2.24, 2.45) is 0 Å². The van der Waals surface area contributed by atoms with Gasteiger partial charge in [0, 0.05) is 26.2 Å². The molecule has 0 N–H and O–H groups in total. The van der Waals surface area contributed by atoms with E-state index in [4.69, 9.17) is 0 Å². The van der Waals surface area contributed by atoms with Crippen LogP contribution in [0.2, 0.25) is 0 Å². The molecule has 1 aromatic carbocycles. The van der Waals surface area contributed by atoms with Gasteiger partial charge < -0.3 is 4.90 Å². The summed E-state index contributed by atoms with van der Waals surface area (Å²) in [4.78, 5) is 25.8. The van der Waals surface area contributed by atoms with Gasteiger partial charge in [0.05, 0.1) is 0 Å². The summed E-state index contributed by atoms with van der Waals surface area (Å²) in [6, 6.07) is 12.7. The summed E-state index contributed by atoms with van der Waals surface area (Å²) < 4.78 is 1.37. The normalized spacial score (nSPS) is 10.5. The zero-order valence-corrected chi connectivity index (χ0v) is 13.0. The lowest BCUT2D eigenvalue weighted by Crippen LogP contribution is -2.31. The molecular weight excluding hydrogens is 278 g/mol. The van der Waals surface area contributed by atoms with E-state index in [1.54, 1.807) is 11.9 Å². The molecular formula is C17H21N3O2. The Hall–Kier alpha value is -2.43. The molecule has 0 aliphatic carbocycles. The minimum absolute atomic E-state index is 0.171. The number of amides is 1. The van der Waals surface area contributed by atoms with Crippen LogP contribution < -0.4 is 5.56 Å². The van der Waals surface area contributed by atoms with Crippen LogP contribution in [0.5, 0.6) is 0 Å². The number of carbonyl (C=O) groups is 1. The minimum atomic E-state index is -0.186. The molecule has 2 aromatic rings. The summed E-state index contributed by atoms with van der Waals surface area (Å²) in [5.74, 6) is -0.186. The number of unbranched alkanes of at least 4 members (excludes halogenated alkanes) is 1. The van der Waals surface area contributed by atoms with E-state index in [9.17, 15) is 9.59 Å². The maximum atomic E-state index is 12.4. The third-order valence-electron chi connectivity index (χ3n) is 3.42. The van der Waals surface area contributed by atoms with Gasteiger partial charge in [-0.2, -0.15) is 5.10 Å². The molecule has 1 amide bonds. The van der Waals surface area contributed by atoms with Crippen LogP contribution in [0.25, 0.3) is 0 Å². The molecule has 0 aliphatic heterocycles. The van der Waals surface area contributed by atoms with Gasteiger partial charge in [-0.1, -0.05) is 43.7 Å². The first-order valence-electron chi connectivity index (χ1n) is 7.49. The first-order valence-corrected chi connectivity index (χ1v) is 7.49. The average molecular weight is 299 g/mol. The molecule has 22 heavy (non-hydrogen) atoms. The molecule has 0 bridgehead atoms. The van der Waals surface area contributed by atoms with Crippen molar-refractivity contribution in [3.05, 3.63) is 64.1 Å². The Morgan fingerprint density at radius 2 is 1.91 bits per heavy atom. The molecule has 1 aromatic heterocycles. The Morgan fingerprint density at radius 1 is 1.18 bits per heavy atom. The predicted molar refractivity (Wildman–Crippen MR) is 85.6 cm³/mol. The Balaban J connectivity index is 2.13. The highest BCUT2D eigenvalue weighted by atomic mass is 16.2. The van der Waals surface area contributed by atoms with Crippen LogP contribution >= 0.6 is 0 Å². The molecule has 5 heteroatoms. The van der Waals surface area contributed by atoms with Crippen molar-refractivity contribution in [3.63, 3.8) is 0 Å². The van der Waals surface area contributed by atoms with E-state index >= 15 is 0 Å². The highest BCUT2D eigenvalue weighted by molar-refractivity contribution is 5.91. The fraction of sp³-hybridized carbons (Fsp3) is 0.353. The van der Waals surface area contributed by atoms with Crippen LogP contribution in [0.1, 0.15) is 35.8 Å². The SMILES string of the molecule is CCCCn1nc(C(=O)N(C)Cc2ccccc2)ccc1=O. The van der Waals surface area contributed by atoms with E-state index in [0.717, 1.165) is 18.4 Å². The zero-order chi connectivity index (χ0) is 15.9. The number of benzene rings is 1. The van der Waals surface area contributed by atoms with Gasteiger partial charge in [0.15, 0.2) is 0 Å². The first kappa shape index (κ1) is 15.9. The third kappa shape index (κ3) is 4.04. The number of hydrogen-bond acceptors (Lipinski definition) is 3. The third-order valence-corrected chi connectivity index (χ3v) is 3.42. The van der Waals surface area contributed by atoms with Crippen molar-refractivity contribution in [1.29, 1.82) is 0 Å². The maximum absolute atomic E-state index is 12.4. The Morgan fingerprint density at radius 3 is 2.59 bits per heavy atom. The minimum Gasteiger partial charge on any atom is -0.336 e. The van der Waals surface area contributed by atoms with Gasteiger partial charge in [0.25, 0.3) is 11.5 Å². The fourth-order valence-corrected chi connectivity index (χ4v) is 2.16. The van der Waals surface area contributed by atoms with Gasteiger partial charge in [-0.3, -0.25) is 9.59 Å². The lowest BCUT2D eigenvalue weighted by Gasteiger charge is -2.17. The second-order valence-electron chi connectivity index (χ2n) is 5.28. The van der Waals surface area contributed by atoms with E-state index in [1.807, 2.05) is 37.3 Å². The van der Waals surface area contributed by atoms with Crippen molar-refractivity contribution >= 4 is 5.91 Å². The molecule has 0 spiro atoms. The first-order chi connectivity index (χ1) is 10.6. The largest absolute Gasteiger partial charge is 0.336 e. The molecule has 1 heterocycles. The van der Waals surface area contributed by atoms with Gasteiger partial charge in [-0.25, -0.2) is 4.68 Å². The number of carbonyl (C=O) groups excluding carboxylic acids is 1. The van der Waals surface area contributed by atoms with Crippen LogP contribution in [-0.2, 0) is 13.1 Å². The van der Waals surface area contributed by atoms with Crippen LogP contribution in [-0.4, -0.2) is 27.6 Å². The van der Waals surface area contributed by atoms with Crippen molar-refractivity contribution < 1.29 is 4.79 Å². The smallest absolute Gasteiger partial charge is 0.274 e. The molecule has 0 unspecified atom stereocenters. The van der Waals surface area contributed by atoms with Crippen LogP contribution in [0.15, 0.2) is 47.3 Å². The van der Waals surface area contributed by atoms with Gasteiger partial charge >= 0.3 is 0 Å². The highest BCUT2D eigenvalue weighted by Gasteiger charge is 2.14. The fourth-order valence-electron chi connectivity index (χ4n) is 2.16. The number of aryl methyl sites for hydroxylation is 1. The van der Waals surface area contributed by atoms with Crippen molar-refractivity contribution in [3.8, 4) is 0 Å². The van der Waals surface area contributed by atoms with Gasteiger partial charge in [0.1, 0.15) is 5.69 Å². The summed E-state index contributed by atoms with van der Waals surface area (Å²) >= 11 is 0. The van der Waals surface area contributed by atoms with Crippen LogP contribution in [0.4, 0.5) is 0 Å². The number of aromatic nitrogens is 2. The number of hydrogen-bond donors (Lipinski definition) is 0. The lowest BCUT2D eigenvalue weighted by molar-refractivity contribution is 0.0776.